The number of thiophene rings is 1. The van der Waals surface area contributed by atoms with Gasteiger partial charge >= 0.3 is 0 Å². The van der Waals surface area contributed by atoms with Crippen molar-refractivity contribution in [1.29, 1.82) is 5.26 Å². The van der Waals surface area contributed by atoms with E-state index in [2.05, 4.69) is 31.6 Å². The van der Waals surface area contributed by atoms with Gasteiger partial charge in [0.25, 0.3) is 5.91 Å². The van der Waals surface area contributed by atoms with Crippen molar-refractivity contribution in [2.45, 2.75) is 25.8 Å². The lowest BCUT2D eigenvalue weighted by Gasteiger charge is -2.24. The van der Waals surface area contributed by atoms with Gasteiger partial charge in [0.05, 0.1) is 32.6 Å². The second kappa shape index (κ2) is 11.4. The molecule has 1 fully saturated rings. The van der Waals surface area contributed by atoms with Crippen LogP contribution < -0.4 is 15.5 Å². The number of anilines is 2. The van der Waals surface area contributed by atoms with Crippen molar-refractivity contribution in [3.05, 3.63) is 44.0 Å². The summed E-state index contributed by atoms with van der Waals surface area (Å²) in [5, 5.41) is 15.0. The fourth-order valence-corrected chi connectivity index (χ4v) is 4.77. The van der Waals surface area contributed by atoms with Crippen LogP contribution in [-0.2, 0) is 9.53 Å². The number of rotatable bonds is 6. The fourth-order valence-electron chi connectivity index (χ4n) is 3.19. The van der Waals surface area contributed by atoms with Crippen LogP contribution in [0.5, 0.6) is 0 Å². The molecule has 2 heterocycles. The third-order valence-electron chi connectivity index (χ3n) is 4.61. The zero-order chi connectivity index (χ0) is 23.1. The van der Waals surface area contributed by atoms with Gasteiger partial charge in [-0.3, -0.25) is 9.59 Å². The van der Waals surface area contributed by atoms with E-state index in [0.717, 1.165) is 3.79 Å². The number of carbonyl (C=O) groups is 2. The molecule has 1 aromatic heterocycles. The molecule has 11 heteroatoms. The van der Waals surface area contributed by atoms with Gasteiger partial charge in [0, 0.05) is 31.1 Å². The highest BCUT2D eigenvalue weighted by atomic mass is 79.9. The van der Waals surface area contributed by atoms with Gasteiger partial charge in [-0.05, 0) is 53.2 Å². The molecule has 0 bridgehead atoms. The van der Waals surface area contributed by atoms with E-state index in [-0.39, 0.29) is 24.3 Å². The van der Waals surface area contributed by atoms with Gasteiger partial charge in [0.1, 0.15) is 5.84 Å². The Bertz CT molecular complexity index is 1070. The minimum absolute atomic E-state index is 0.111. The molecule has 0 spiro atoms. The Morgan fingerprint density at radius 1 is 1.38 bits per heavy atom. The first-order valence-corrected chi connectivity index (χ1v) is 11.8. The average molecular weight is 539 g/mol. The molecule has 1 aliphatic heterocycles. The summed E-state index contributed by atoms with van der Waals surface area (Å²) in [6, 6.07) is 8.34. The Balaban J connectivity index is 1.61. The van der Waals surface area contributed by atoms with Gasteiger partial charge in [0.2, 0.25) is 12.1 Å². The van der Waals surface area contributed by atoms with Crippen LogP contribution in [0, 0.1) is 11.5 Å². The summed E-state index contributed by atoms with van der Waals surface area (Å²) in [4.78, 5) is 31.0. The molecular weight excluding hydrogens is 518 g/mol. The van der Waals surface area contributed by atoms with Gasteiger partial charge in [0.15, 0.2) is 0 Å². The SMILES string of the molecule is CC(CC(=O)Nc1ccc(N2CCOCCC2=NC#N)c(Cl)c1)NC(=O)c1ccc(Br)s1. The number of nitriles is 1. The van der Waals surface area contributed by atoms with Crippen LogP contribution in [0.1, 0.15) is 29.4 Å². The molecule has 1 aliphatic rings. The van der Waals surface area contributed by atoms with Crippen LogP contribution >= 0.6 is 38.9 Å². The molecule has 32 heavy (non-hydrogen) atoms. The topological polar surface area (TPSA) is 107 Å². The molecule has 0 radical (unpaired) electrons. The molecule has 2 aromatic rings. The number of amidine groups is 1. The molecule has 1 atom stereocenters. The maximum absolute atomic E-state index is 12.4. The lowest BCUT2D eigenvalue weighted by atomic mass is 10.2. The molecule has 1 aromatic carbocycles. The Morgan fingerprint density at radius 2 is 2.19 bits per heavy atom. The highest BCUT2D eigenvalue weighted by Crippen LogP contribution is 2.30. The number of nitrogens with one attached hydrogen (secondary N) is 2. The summed E-state index contributed by atoms with van der Waals surface area (Å²) >= 11 is 11.1. The van der Waals surface area contributed by atoms with E-state index in [4.69, 9.17) is 21.6 Å². The lowest BCUT2D eigenvalue weighted by Crippen LogP contribution is -2.35. The van der Waals surface area contributed by atoms with E-state index >= 15 is 0 Å². The Kier molecular flexibility index (Phi) is 8.64. The summed E-state index contributed by atoms with van der Waals surface area (Å²) < 4.78 is 6.34. The summed E-state index contributed by atoms with van der Waals surface area (Å²) in [6.07, 6.45) is 2.44. The minimum atomic E-state index is -0.347. The summed E-state index contributed by atoms with van der Waals surface area (Å²) in [5.41, 5.74) is 1.22. The molecule has 0 aliphatic carbocycles. The largest absolute Gasteiger partial charge is 0.379 e. The van der Waals surface area contributed by atoms with Crippen molar-refractivity contribution in [1.82, 2.24) is 5.32 Å². The number of aliphatic imine (C=N–C) groups is 1. The molecule has 1 unspecified atom stereocenters. The van der Waals surface area contributed by atoms with Crippen LogP contribution in [0.2, 0.25) is 5.02 Å². The van der Waals surface area contributed by atoms with E-state index in [1.807, 2.05) is 11.1 Å². The molecule has 0 saturated carbocycles. The maximum atomic E-state index is 12.4. The van der Waals surface area contributed by atoms with E-state index in [1.165, 1.54) is 11.3 Å². The zero-order valence-corrected chi connectivity index (χ0v) is 20.4. The molecule has 1 saturated heterocycles. The van der Waals surface area contributed by atoms with Crippen molar-refractivity contribution < 1.29 is 14.3 Å². The van der Waals surface area contributed by atoms with Crippen LogP contribution in [-0.4, -0.2) is 43.5 Å². The fraction of sp³-hybridized carbons (Fsp3) is 0.333. The highest BCUT2D eigenvalue weighted by Gasteiger charge is 2.20. The third kappa shape index (κ3) is 6.53. The normalized spacial score (nSPS) is 16.2. The Morgan fingerprint density at radius 3 is 2.88 bits per heavy atom. The number of ether oxygens (including phenoxy) is 1. The monoisotopic (exact) mass is 537 g/mol. The number of benzene rings is 1. The minimum Gasteiger partial charge on any atom is -0.379 e. The van der Waals surface area contributed by atoms with E-state index in [0.29, 0.717) is 53.3 Å². The summed E-state index contributed by atoms with van der Waals surface area (Å²) in [6.45, 7) is 3.27. The summed E-state index contributed by atoms with van der Waals surface area (Å²) in [7, 11) is 0. The second-order valence-electron chi connectivity index (χ2n) is 7.04. The molecule has 2 amide bonds. The van der Waals surface area contributed by atoms with Crippen LogP contribution in [0.3, 0.4) is 0 Å². The quantitative estimate of drug-likeness (QED) is 0.530. The standard InChI is InChI=1S/C21H21BrClN5O3S/c1-13(26-21(30)17-4-5-18(22)32-17)10-20(29)27-14-2-3-16(15(23)11-14)28-7-9-31-8-6-19(28)25-12-24/h2-5,11,13H,6-10H2,1H3,(H,26,30)(H,27,29). The number of halogens is 2. The van der Waals surface area contributed by atoms with Crippen molar-refractivity contribution >= 4 is 67.9 Å². The van der Waals surface area contributed by atoms with Gasteiger partial charge in [-0.1, -0.05) is 11.6 Å². The number of hydrogen-bond donors (Lipinski definition) is 2. The Hall–Kier alpha value is -2.45. The predicted molar refractivity (Wildman–Crippen MR) is 129 cm³/mol. The first-order chi connectivity index (χ1) is 15.4. The zero-order valence-electron chi connectivity index (χ0n) is 17.2. The van der Waals surface area contributed by atoms with Crippen LogP contribution in [0.4, 0.5) is 11.4 Å². The maximum Gasteiger partial charge on any atom is 0.261 e. The lowest BCUT2D eigenvalue weighted by molar-refractivity contribution is -0.116. The van der Waals surface area contributed by atoms with Crippen LogP contribution in [0.15, 0.2) is 39.1 Å². The number of hydrogen-bond acceptors (Lipinski definition) is 6. The number of carbonyl (C=O) groups excluding carboxylic acids is 2. The average Bonchev–Trinajstić information content (AvgIpc) is 3.04. The van der Waals surface area contributed by atoms with Gasteiger partial charge in [-0.2, -0.15) is 10.3 Å². The van der Waals surface area contributed by atoms with Crippen molar-refractivity contribution in [2.75, 3.05) is 30.0 Å². The Labute approximate surface area is 203 Å². The molecule has 8 nitrogen and oxygen atoms in total. The highest BCUT2D eigenvalue weighted by molar-refractivity contribution is 9.11. The smallest absolute Gasteiger partial charge is 0.261 e. The van der Waals surface area contributed by atoms with Crippen molar-refractivity contribution in [2.24, 2.45) is 4.99 Å². The van der Waals surface area contributed by atoms with E-state index in [9.17, 15) is 9.59 Å². The predicted octanol–water partition coefficient (Wildman–Crippen LogP) is 4.42. The van der Waals surface area contributed by atoms with Crippen LogP contribution in [0.25, 0.3) is 0 Å². The molecule has 3 rings (SSSR count). The molecule has 2 N–H and O–H groups in total. The summed E-state index contributed by atoms with van der Waals surface area (Å²) in [5.74, 6) is 0.125. The molecule has 168 valence electrons. The number of amides is 2. The van der Waals surface area contributed by atoms with E-state index in [1.54, 1.807) is 37.3 Å². The first-order valence-electron chi connectivity index (χ1n) is 9.84. The van der Waals surface area contributed by atoms with E-state index < -0.39 is 0 Å². The second-order valence-corrected chi connectivity index (χ2v) is 9.91. The van der Waals surface area contributed by atoms with Crippen molar-refractivity contribution in [3.8, 4) is 6.19 Å². The third-order valence-corrected chi connectivity index (χ3v) is 6.53. The first kappa shape index (κ1) is 24.2. The molecular formula is C21H21BrClN5O3S. The van der Waals surface area contributed by atoms with Crippen molar-refractivity contribution in [3.63, 3.8) is 0 Å². The number of nitrogens with zero attached hydrogens (tertiary/aromatic N) is 3. The van der Waals surface area contributed by atoms with Gasteiger partial charge in [-0.25, -0.2) is 0 Å². The van der Waals surface area contributed by atoms with Gasteiger partial charge < -0.3 is 20.3 Å². The van der Waals surface area contributed by atoms with Gasteiger partial charge in [-0.15, -0.1) is 11.3 Å².